The average Bonchev–Trinajstić information content (AvgIpc) is 3.03. The lowest BCUT2D eigenvalue weighted by molar-refractivity contribution is -0.117. The van der Waals surface area contributed by atoms with Gasteiger partial charge >= 0.3 is 0 Å². The lowest BCUT2D eigenvalue weighted by Crippen LogP contribution is -2.29. The molecule has 0 saturated carbocycles. The van der Waals surface area contributed by atoms with E-state index in [4.69, 9.17) is 0 Å². The minimum Gasteiger partial charge on any atom is -0.346 e. The van der Waals surface area contributed by atoms with Gasteiger partial charge in [0.1, 0.15) is 5.82 Å². The lowest BCUT2D eigenvalue weighted by Gasteiger charge is -2.20. The van der Waals surface area contributed by atoms with Gasteiger partial charge in [0.15, 0.2) is 0 Å². The summed E-state index contributed by atoms with van der Waals surface area (Å²) < 4.78 is 13.1. The number of carbonyl (C=O) groups excluding carboxylic acids is 1. The summed E-state index contributed by atoms with van der Waals surface area (Å²) in [5.74, 6) is -0.421. The Hall–Kier alpha value is -1.98. The highest BCUT2D eigenvalue weighted by Gasteiger charge is 2.14. The number of rotatable bonds is 7. The maximum absolute atomic E-state index is 13.1. The van der Waals surface area contributed by atoms with Crippen molar-refractivity contribution >= 4 is 23.3 Å². The van der Waals surface area contributed by atoms with Gasteiger partial charge in [0.05, 0.1) is 6.04 Å². The zero-order valence-corrected chi connectivity index (χ0v) is 14.1. The third kappa shape index (κ3) is 5.96. The number of carbonyl (C=O) groups is 1. The molecule has 5 heteroatoms. The minimum absolute atomic E-state index is 0.140. The van der Waals surface area contributed by atoms with Gasteiger partial charge < -0.3 is 10.2 Å². The van der Waals surface area contributed by atoms with Crippen LogP contribution in [0.3, 0.4) is 0 Å². The topological polar surface area (TPSA) is 32.3 Å². The van der Waals surface area contributed by atoms with Gasteiger partial charge in [-0.15, -0.1) is 11.3 Å². The van der Waals surface area contributed by atoms with E-state index in [2.05, 4.69) is 10.2 Å². The normalized spacial score (nSPS) is 12.7. The van der Waals surface area contributed by atoms with Crippen LogP contribution in [-0.2, 0) is 4.79 Å². The van der Waals surface area contributed by atoms with Crippen molar-refractivity contribution in [1.29, 1.82) is 0 Å². The van der Waals surface area contributed by atoms with Gasteiger partial charge in [-0.25, -0.2) is 4.39 Å². The Bertz CT molecular complexity index is 636. The Morgan fingerprint density at radius 2 is 2.04 bits per heavy atom. The highest BCUT2D eigenvalue weighted by molar-refractivity contribution is 7.10. The third-order valence-electron chi connectivity index (χ3n) is 3.40. The standard InChI is InChI=1S/C18H21FN2OS/c1-21(2)12-11-17(14-5-7-15(19)8-6-14)20-18(22)10-9-16-4-3-13-23-16/h3-10,13,17H,11-12H2,1-2H3,(H,20,22)/b10-9+. The number of benzene rings is 1. The van der Waals surface area contributed by atoms with E-state index in [1.807, 2.05) is 31.6 Å². The van der Waals surface area contributed by atoms with Gasteiger partial charge in [-0.05, 0) is 62.3 Å². The Labute approximate surface area is 140 Å². The Kier molecular flexibility index (Phi) is 6.50. The van der Waals surface area contributed by atoms with Crippen molar-refractivity contribution < 1.29 is 9.18 Å². The van der Waals surface area contributed by atoms with E-state index in [1.165, 1.54) is 18.2 Å². The van der Waals surface area contributed by atoms with Gasteiger partial charge in [-0.1, -0.05) is 18.2 Å². The van der Waals surface area contributed by atoms with Gasteiger partial charge in [-0.2, -0.15) is 0 Å². The van der Waals surface area contributed by atoms with Gasteiger partial charge in [0, 0.05) is 11.0 Å². The highest BCUT2D eigenvalue weighted by Crippen LogP contribution is 2.18. The van der Waals surface area contributed by atoms with E-state index in [-0.39, 0.29) is 17.8 Å². The molecular weight excluding hydrogens is 311 g/mol. The number of amides is 1. The van der Waals surface area contributed by atoms with Gasteiger partial charge in [0.2, 0.25) is 5.91 Å². The van der Waals surface area contributed by atoms with Crippen LogP contribution in [0.1, 0.15) is 22.9 Å². The number of nitrogens with one attached hydrogen (secondary N) is 1. The molecule has 2 rings (SSSR count). The first-order valence-corrected chi connectivity index (χ1v) is 8.35. The molecule has 1 N–H and O–H groups in total. The third-order valence-corrected chi connectivity index (χ3v) is 4.23. The largest absolute Gasteiger partial charge is 0.346 e. The number of hydrogen-bond acceptors (Lipinski definition) is 3. The van der Waals surface area contributed by atoms with E-state index in [0.717, 1.165) is 23.4 Å². The van der Waals surface area contributed by atoms with Crippen molar-refractivity contribution in [1.82, 2.24) is 10.2 Å². The lowest BCUT2D eigenvalue weighted by atomic mass is 10.0. The molecule has 0 aliphatic carbocycles. The van der Waals surface area contributed by atoms with Gasteiger partial charge in [-0.3, -0.25) is 4.79 Å². The van der Waals surface area contributed by atoms with Gasteiger partial charge in [0.25, 0.3) is 0 Å². The van der Waals surface area contributed by atoms with Crippen molar-refractivity contribution in [2.45, 2.75) is 12.5 Å². The van der Waals surface area contributed by atoms with Crippen LogP contribution in [0.4, 0.5) is 4.39 Å². The molecule has 2 aromatic rings. The fourth-order valence-corrected chi connectivity index (χ4v) is 2.79. The zero-order valence-electron chi connectivity index (χ0n) is 13.3. The second-order valence-electron chi connectivity index (χ2n) is 5.55. The second-order valence-corrected chi connectivity index (χ2v) is 6.53. The van der Waals surface area contributed by atoms with Crippen LogP contribution in [0, 0.1) is 5.82 Å². The molecule has 1 heterocycles. The maximum atomic E-state index is 13.1. The Morgan fingerprint density at radius 3 is 2.65 bits per heavy atom. The second kappa shape index (κ2) is 8.60. The quantitative estimate of drug-likeness (QED) is 0.784. The van der Waals surface area contributed by atoms with Crippen LogP contribution >= 0.6 is 11.3 Å². The first kappa shape index (κ1) is 17.4. The predicted octanol–water partition coefficient (Wildman–Crippen LogP) is 3.71. The summed E-state index contributed by atoms with van der Waals surface area (Å²) in [7, 11) is 3.97. The molecule has 0 fully saturated rings. The first-order chi connectivity index (χ1) is 11.0. The molecule has 1 unspecified atom stereocenters. The van der Waals surface area contributed by atoms with Crippen LogP contribution in [0.2, 0.25) is 0 Å². The fourth-order valence-electron chi connectivity index (χ4n) is 2.17. The number of hydrogen-bond donors (Lipinski definition) is 1. The Balaban J connectivity index is 2.04. The van der Waals surface area contributed by atoms with Crippen molar-refractivity contribution in [2.75, 3.05) is 20.6 Å². The van der Waals surface area contributed by atoms with E-state index in [9.17, 15) is 9.18 Å². The smallest absolute Gasteiger partial charge is 0.244 e. The monoisotopic (exact) mass is 332 g/mol. The summed E-state index contributed by atoms with van der Waals surface area (Å²) in [6.45, 7) is 0.830. The van der Waals surface area contributed by atoms with E-state index in [0.29, 0.717) is 0 Å². The van der Waals surface area contributed by atoms with Crippen LogP contribution < -0.4 is 5.32 Å². The van der Waals surface area contributed by atoms with Crippen LogP contribution in [-0.4, -0.2) is 31.4 Å². The van der Waals surface area contributed by atoms with E-state index in [1.54, 1.807) is 29.5 Å². The van der Waals surface area contributed by atoms with Crippen LogP contribution in [0.25, 0.3) is 6.08 Å². The van der Waals surface area contributed by atoms with Crippen LogP contribution in [0.15, 0.2) is 47.9 Å². The Morgan fingerprint density at radius 1 is 1.30 bits per heavy atom. The van der Waals surface area contributed by atoms with Crippen LogP contribution in [0.5, 0.6) is 0 Å². The molecule has 23 heavy (non-hydrogen) atoms. The SMILES string of the molecule is CN(C)CCC(NC(=O)/C=C/c1cccs1)c1ccc(F)cc1. The maximum Gasteiger partial charge on any atom is 0.244 e. The molecule has 0 saturated heterocycles. The molecule has 0 spiro atoms. The number of halogens is 1. The van der Waals surface area contributed by atoms with Crippen molar-refractivity contribution in [3.05, 3.63) is 64.1 Å². The molecule has 0 aliphatic rings. The summed E-state index contributed by atoms with van der Waals surface area (Å²) in [4.78, 5) is 15.2. The van der Waals surface area contributed by atoms with E-state index < -0.39 is 0 Å². The van der Waals surface area contributed by atoms with E-state index >= 15 is 0 Å². The molecule has 1 aromatic heterocycles. The molecule has 1 aromatic carbocycles. The molecule has 0 radical (unpaired) electrons. The predicted molar refractivity (Wildman–Crippen MR) is 93.8 cm³/mol. The summed E-state index contributed by atoms with van der Waals surface area (Å²) in [5, 5.41) is 4.97. The average molecular weight is 332 g/mol. The molecule has 1 amide bonds. The molecule has 0 bridgehead atoms. The molecular formula is C18H21FN2OS. The number of thiophene rings is 1. The molecule has 1 atom stereocenters. The number of nitrogens with zero attached hydrogens (tertiary/aromatic N) is 1. The molecule has 3 nitrogen and oxygen atoms in total. The summed E-state index contributed by atoms with van der Waals surface area (Å²) in [6.07, 6.45) is 4.10. The summed E-state index contributed by atoms with van der Waals surface area (Å²) in [6, 6.07) is 10.0. The summed E-state index contributed by atoms with van der Waals surface area (Å²) in [5.41, 5.74) is 0.908. The minimum atomic E-state index is -0.274. The molecule has 0 aliphatic heterocycles. The molecule has 122 valence electrons. The highest BCUT2D eigenvalue weighted by atomic mass is 32.1. The van der Waals surface area contributed by atoms with Crippen molar-refractivity contribution in [3.8, 4) is 0 Å². The zero-order chi connectivity index (χ0) is 16.7. The first-order valence-electron chi connectivity index (χ1n) is 7.47. The summed E-state index contributed by atoms with van der Waals surface area (Å²) >= 11 is 1.58. The fraction of sp³-hybridized carbons (Fsp3) is 0.278. The van der Waals surface area contributed by atoms with Crippen molar-refractivity contribution in [2.24, 2.45) is 0 Å². The van der Waals surface area contributed by atoms with Crippen molar-refractivity contribution in [3.63, 3.8) is 0 Å².